The van der Waals surface area contributed by atoms with E-state index >= 15 is 0 Å². The SMILES string of the molecule is CNS(=O)(=O)c1cccc(CNC(=O)c2cc(Cl)c[nH]c2=N)c1.Cl. The number of benzene rings is 1. The number of H-pyrrole nitrogens is 1. The van der Waals surface area contributed by atoms with Gasteiger partial charge in [-0.2, -0.15) is 0 Å². The van der Waals surface area contributed by atoms with Gasteiger partial charge in [0.15, 0.2) is 0 Å². The third kappa shape index (κ3) is 4.81. The molecule has 10 heteroatoms. The molecule has 24 heavy (non-hydrogen) atoms. The van der Waals surface area contributed by atoms with E-state index in [9.17, 15) is 13.2 Å². The highest BCUT2D eigenvalue weighted by molar-refractivity contribution is 7.89. The van der Waals surface area contributed by atoms with Crippen molar-refractivity contribution >= 4 is 39.9 Å². The monoisotopic (exact) mass is 390 g/mol. The second-order valence-electron chi connectivity index (χ2n) is 4.64. The number of amides is 1. The Bertz CT molecular complexity index is 897. The molecular weight excluding hydrogens is 375 g/mol. The number of rotatable bonds is 5. The van der Waals surface area contributed by atoms with Gasteiger partial charge in [0.05, 0.1) is 15.5 Å². The van der Waals surface area contributed by atoms with Crippen LogP contribution < -0.4 is 15.5 Å². The van der Waals surface area contributed by atoms with Crippen LogP contribution in [0.15, 0.2) is 41.4 Å². The summed E-state index contributed by atoms with van der Waals surface area (Å²) in [4.78, 5) is 14.8. The number of carbonyl (C=O) groups excluding carboxylic acids is 1. The summed E-state index contributed by atoms with van der Waals surface area (Å²) < 4.78 is 25.7. The Balaban J connectivity index is 0.00000288. The minimum absolute atomic E-state index is 0. The molecular formula is C14H16Cl2N4O3S. The first-order valence-corrected chi connectivity index (χ1v) is 8.43. The first-order valence-electron chi connectivity index (χ1n) is 6.57. The topological polar surface area (TPSA) is 115 Å². The van der Waals surface area contributed by atoms with Gasteiger partial charge in [0, 0.05) is 12.7 Å². The van der Waals surface area contributed by atoms with Gasteiger partial charge < -0.3 is 10.3 Å². The van der Waals surface area contributed by atoms with Crippen molar-refractivity contribution in [1.82, 2.24) is 15.0 Å². The number of sulfonamides is 1. The Morgan fingerprint density at radius 1 is 1.33 bits per heavy atom. The molecule has 0 aliphatic rings. The molecule has 0 aliphatic carbocycles. The number of halogens is 2. The minimum Gasteiger partial charge on any atom is -0.348 e. The van der Waals surface area contributed by atoms with E-state index in [1.54, 1.807) is 12.1 Å². The zero-order chi connectivity index (χ0) is 17.0. The van der Waals surface area contributed by atoms with Gasteiger partial charge in [0.2, 0.25) is 10.0 Å². The largest absolute Gasteiger partial charge is 0.348 e. The normalized spacial score (nSPS) is 10.8. The van der Waals surface area contributed by atoms with Gasteiger partial charge in [-0.15, -0.1) is 12.4 Å². The molecule has 0 saturated carbocycles. The summed E-state index contributed by atoms with van der Waals surface area (Å²) in [7, 11) is -2.21. The standard InChI is InChI=1S/C14H15ClN4O3S.ClH/c1-17-23(21,22)11-4-2-3-9(5-11)7-19-14(20)12-6-10(15)8-18-13(12)16;/h2-6,8,17H,7H2,1H3,(H2,16,18)(H,19,20);1H. The van der Waals surface area contributed by atoms with E-state index in [4.69, 9.17) is 17.0 Å². The maximum Gasteiger partial charge on any atom is 0.255 e. The molecule has 0 bridgehead atoms. The molecule has 0 fully saturated rings. The first-order chi connectivity index (χ1) is 10.8. The van der Waals surface area contributed by atoms with Gasteiger partial charge >= 0.3 is 0 Å². The average Bonchev–Trinajstić information content (AvgIpc) is 2.55. The Kier molecular flexibility index (Phi) is 6.97. The van der Waals surface area contributed by atoms with Gasteiger partial charge in [0.1, 0.15) is 5.49 Å². The van der Waals surface area contributed by atoms with Crippen LogP contribution in [0.1, 0.15) is 15.9 Å². The summed E-state index contributed by atoms with van der Waals surface area (Å²) in [5.74, 6) is -0.476. The maximum atomic E-state index is 12.1. The van der Waals surface area contributed by atoms with E-state index in [0.717, 1.165) is 0 Å². The quantitative estimate of drug-likeness (QED) is 0.618. The average molecular weight is 391 g/mol. The molecule has 1 heterocycles. The zero-order valence-corrected chi connectivity index (χ0v) is 15.0. The number of hydrogen-bond donors (Lipinski definition) is 4. The third-order valence-corrected chi connectivity index (χ3v) is 4.71. The summed E-state index contributed by atoms with van der Waals surface area (Å²) in [6.07, 6.45) is 1.41. The number of aromatic nitrogens is 1. The van der Waals surface area contributed by atoms with Gasteiger partial charge in [-0.3, -0.25) is 10.2 Å². The Morgan fingerprint density at radius 2 is 2.04 bits per heavy atom. The summed E-state index contributed by atoms with van der Waals surface area (Å²) in [5, 5.41) is 10.6. The lowest BCUT2D eigenvalue weighted by Crippen LogP contribution is -2.29. The van der Waals surface area contributed by atoms with Crippen LogP contribution >= 0.6 is 24.0 Å². The lowest BCUT2D eigenvalue weighted by molar-refractivity contribution is 0.0949. The number of nitrogens with one attached hydrogen (secondary N) is 4. The van der Waals surface area contributed by atoms with E-state index < -0.39 is 15.9 Å². The molecule has 0 spiro atoms. The molecule has 0 unspecified atom stereocenters. The fourth-order valence-electron chi connectivity index (χ4n) is 1.87. The summed E-state index contributed by atoms with van der Waals surface area (Å²) in [5.41, 5.74) is 0.669. The van der Waals surface area contributed by atoms with Gasteiger partial charge in [-0.1, -0.05) is 23.7 Å². The number of pyridine rings is 1. The van der Waals surface area contributed by atoms with Crippen molar-refractivity contribution in [2.75, 3.05) is 7.05 Å². The van der Waals surface area contributed by atoms with Crippen LogP contribution in [-0.2, 0) is 16.6 Å². The first kappa shape index (κ1) is 20.2. The predicted octanol–water partition coefficient (Wildman–Crippen LogP) is 1.41. The summed E-state index contributed by atoms with van der Waals surface area (Å²) >= 11 is 5.80. The van der Waals surface area contributed by atoms with Crippen LogP contribution in [0.4, 0.5) is 0 Å². The highest BCUT2D eigenvalue weighted by Crippen LogP contribution is 2.11. The number of carbonyl (C=O) groups is 1. The zero-order valence-electron chi connectivity index (χ0n) is 12.6. The van der Waals surface area contributed by atoms with Crippen molar-refractivity contribution in [3.8, 4) is 0 Å². The van der Waals surface area contributed by atoms with Crippen LogP contribution in [0.5, 0.6) is 0 Å². The van der Waals surface area contributed by atoms with Gasteiger partial charge in [-0.25, -0.2) is 13.1 Å². The Hall–Kier alpha value is -1.87. The lowest BCUT2D eigenvalue weighted by atomic mass is 10.2. The smallest absolute Gasteiger partial charge is 0.255 e. The molecule has 0 radical (unpaired) electrons. The van der Waals surface area contributed by atoms with E-state index in [2.05, 4.69) is 15.0 Å². The predicted molar refractivity (Wildman–Crippen MR) is 92.8 cm³/mol. The van der Waals surface area contributed by atoms with E-state index in [-0.39, 0.29) is 34.9 Å². The molecule has 0 atom stereocenters. The number of hydrogen-bond acceptors (Lipinski definition) is 4. The van der Waals surface area contributed by atoms with Gasteiger partial charge in [-0.05, 0) is 30.8 Å². The van der Waals surface area contributed by atoms with Crippen LogP contribution in [0.2, 0.25) is 5.02 Å². The second kappa shape index (κ2) is 8.29. The van der Waals surface area contributed by atoms with Crippen LogP contribution in [-0.4, -0.2) is 26.4 Å². The maximum absolute atomic E-state index is 12.1. The van der Waals surface area contributed by atoms with E-state index in [1.165, 1.54) is 31.4 Å². The van der Waals surface area contributed by atoms with E-state index in [1.807, 2.05) is 0 Å². The molecule has 7 nitrogen and oxygen atoms in total. The van der Waals surface area contributed by atoms with Crippen LogP contribution in [0.25, 0.3) is 0 Å². The third-order valence-electron chi connectivity index (χ3n) is 3.08. The molecule has 130 valence electrons. The van der Waals surface area contributed by atoms with Crippen molar-refractivity contribution in [3.63, 3.8) is 0 Å². The molecule has 1 aromatic carbocycles. The molecule has 1 aromatic heterocycles. The Morgan fingerprint density at radius 3 is 2.71 bits per heavy atom. The number of aromatic amines is 1. The van der Waals surface area contributed by atoms with Crippen molar-refractivity contribution in [1.29, 1.82) is 5.41 Å². The molecule has 4 N–H and O–H groups in total. The van der Waals surface area contributed by atoms with Gasteiger partial charge in [0.25, 0.3) is 5.91 Å². The highest BCUT2D eigenvalue weighted by atomic mass is 35.5. The van der Waals surface area contributed by atoms with Crippen molar-refractivity contribution in [2.45, 2.75) is 11.4 Å². The molecule has 2 aromatic rings. The molecule has 1 amide bonds. The van der Waals surface area contributed by atoms with Crippen molar-refractivity contribution in [2.24, 2.45) is 0 Å². The molecule has 0 aliphatic heterocycles. The second-order valence-corrected chi connectivity index (χ2v) is 6.97. The summed E-state index contributed by atoms with van der Waals surface area (Å²) in [6, 6.07) is 7.61. The van der Waals surface area contributed by atoms with E-state index in [0.29, 0.717) is 10.6 Å². The fourth-order valence-corrected chi connectivity index (χ4v) is 2.83. The summed E-state index contributed by atoms with van der Waals surface area (Å²) in [6.45, 7) is 0.123. The van der Waals surface area contributed by atoms with Crippen molar-refractivity contribution < 1.29 is 13.2 Å². The highest BCUT2D eigenvalue weighted by Gasteiger charge is 2.12. The fraction of sp³-hybridized carbons (Fsp3) is 0.143. The minimum atomic E-state index is -3.54. The molecule has 2 rings (SSSR count). The van der Waals surface area contributed by atoms with Crippen LogP contribution in [0.3, 0.4) is 0 Å². The Labute approximate surface area is 150 Å². The molecule has 0 saturated heterocycles. The van der Waals surface area contributed by atoms with Crippen molar-refractivity contribution in [3.05, 3.63) is 58.2 Å². The lowest BCUT2D eigenvalue weighted by Gasteiger charge is -2.08. The van der Waals surface area contributed by atoms with Crippen LogP contribution in [0, 0.1) is 5.41 Å².